The van der Waals surface area contributed by atoms with E-state index in [4.69, 9.17) is 4.74 Å². The predicted molar refractivity (Wildman–Crippen MR) is 64.5 cm³/mol. The molecule has 1 aromatic heterocycles. The molecule has 1 atom stereocenters. The topological polar surface area (TPSA) is 46.4 Å². The first-order chi connectivity index (χ1) is 7.56. The van der Waals surface area contributed by atoms with Gasteiger partial charge in [-0.3, -0.25) is 0 Å². The smallest absolute Gasteiger partial charge is 0.0897 e. The van der Waals surface area contributed by atoms with Gasteiger partial charge in [-0.1, -0.05) is 0 Å². The molecule has 0 spiro atoms. The zero-order chi connectivity index (χ0) is 12.1. The number of methoxy groups -OCH3 is 1. The summed E-state index contributed by atoms with van der Waals surface area (Å²) >= 11 is 0. The minimum absolute atomic E-state index is 0.375. The molecule has 1 rings (SSSR count). The number of aliphatic hydroxyl groups is 1. The van der Waals surface area contributed by atoms with E-state index in [9.17, 15) is 5.11 Å². The van der Waals surface area contributed by atoms with Gasteiger partial charge >= 0.3 is 0 Å². The summed E-state index contributed by atoms with van der Waals surface area (Å²) in [6, 6.07) is 2.17. The monoisotopic (exact) mass is 226 g/mol. The van der Waals surface area contributed by atoms with E-state index in [1.54, 1.807) is 7.11 Å². The van der Waals surface area contributed by atoms with Gasteiger partial charge in [-0.05, 0) is 25.5 Å². The van der Waals surface area contributed by atoms with Crippen LogP contribution in [0.3, 0.4) is 0 Å². The Morgan fingerprint density at radius 2 is 2.19 bits per heavy atom. The van der Waals surface area contributed by atoms with Crippen molar-refractivity contribution in [3.05, 3.63) is 23.0 Å². The third-order valence-corrected chi connectivity index (χ3v) is 2.93. The number of aromatic nitrogens is 1. The fourth-order valence-electron chi connectivity index (χ4n) is 1.74. The maximum absolute atomic E-state index is 9.46. The highest BCUT2D eigenvalue weighted by molar-refractivity contribution is 5.26. The molecular formula is C12H22N2O2. The second-order valence-corrected chi connectivity index (χ2v) is 4.20. The molecular weight excluding hydrogens is 204 g/mol. The van der Waals surface area contributed by atoms with Crippen LogP contribution in [0.4, 0.5) is 0 Å². The van der Waals surface area contributed by atoms with E-state index in [0.717, 1.165) is 6.54 Å². The Labute approximate surface area is 97.2 Å². The van der Waals surface area contributed by atoms with Crippen molar-refractivity contribution >= 4 is 0 Å². The van der Waals surface area contributed by atoms with Crippen LogP contribution in [0, 0.1) is 13.8 Å². The van der Waals surface area contributed by atoms with Gasteiger partial charge < -0.3 is 19.7 Å². The van der Waals surface area contributed by atoms with Crippen molar-refractivity contribution in [1.82, 2.24) is 9.88 Å². The van der Waals surface area contributed by atoms with Crippen LogP contribution in [0.5, 0.6) is 0 Å². The van der Waals surface area contributed by atoms with E-state index in [2.05, 4.69) is 36.8 Å². The molecule has 1 aromatic rings. The second-order valence-electron chi connectivity index (χ2n) is 4.20. The summed E-state index contributed by atoms with van der Waals surface area (Å²) in [6.07, 6.45) is -0.435. The van der Waals surface area contributed by atoms with Gasteiger partial charge in [0.05, 0.1) is 12.7 Å². The molecule has 0 amide bonds. The van der Waals surface area contributed by atoms with Gasteiger partial charge in [0.15, 0.2) is 0 Å². The van der Waals surface area contributed by atoms with Crippen LogP contribution in [-0.4, -0.2) is 36.0 Å². The Bertz CT molecular complexity index is 334. The molecule has 0 fully saturated rings. The van der Waals surface area contributed by atoms with Crippen molar-refractivity contribution in [2.75, 3.05) is 20.3 Å². The largest absolute Gasteiger partial charge is 0.389 e. The Balaban J connectivity index is 2.40. The lowest BCUT2D eigenvalue weighted by Crippen LogP contribution is -2.29. The van der Waals surface area contributed by atoms with E-state index < -0.39 is 6.10 Å². The predicted octanol–water partition coefficient (Wildman–Crippen LogP) is 0.739. The number of aliphatic hydroxyl groups excluding tert-OH is 1. The number of rotatable bonds is 6. The lowest BCUT2D eigenvalue weighted by atomic mass is 10.2. The molecule has 16 heavy (non-hydrogen) atoms. The third kappa shape index (κ3) is 3.33. The summed E-state index contributed by atoms with van der Waals surface area (Å²) in [4.78, 5) is 0. The van der Waals surface area contributed by atoms with Gasteiger partial charge in [0.1, 0.15) is 0 Å². The number of ether oxygens (including phenoxy) is 1. The Morgan fingerprint density at radius 1 is 1.50 bits per heavy atom. The highest BCUT2D eigenvalue weighted by Gasteiger charge is 2.07. The van der Waals surface area contributed by atoms with Crippen LogP contribution in [0.2, 0.25) is 0 Å². The fraction of sp³-hybridized carbons (Fsp3) is 0.667. The summed E-state index contributed by atoms with van der Waals surface area (Å²) in [6.45, 7) is 5.92. The van der Waals surface area contributed by atoms with Crippen molar-refractivity contribution in [2.24, 2.45) is 7.05 Å². The normalized spacial score (nSPS) is 13.1. The number of hydrogen-bond acceptors (Lipinski definition) is 3. The summed E-state index contributed by atoms with van der Waals surface area (Å²) in [5, 5.41) is 12.7. The molecule has 0 saturated carbocycles. The standard InChI is InChI=1S/C12H22N2O2/c1-9-5-11(10(2)14(9)3)6-13-7-12(15)8-16-4/h5,12-13,15H,6-8H2,1-4H3. The SMILES string of the molecule is COCC(O)CNCc1cc(C)n(C)c1C. The summed E-state index contributed by atoms with van der Waals surface area (Å²) in [5.74, 6) is 0. The molecule has 0 aliphatic rings. The molecule has 0 bridgehead atoms. The first kappa shape index (κ1) is 13.2. The molecule has 0 saturated heterocycles. The summed E-state index contributed by atoms with van der Waals surface area (Å²) in [7, 11) is 3.65. The van der Waals surface area contributed by atoms with Gasteiger partial charge in [0, 0.05) is 38.6 Å². The number of nitrogens with one attached hydrogen (secondary N) is 1. The van der Waals surface area contributed by atoms with Crippen LogP contribution in [0.25, 0.3) is 0 Å². The van der Waals surface area contributed by atoms with Crippen LogP contribution < -0.4 is 5.32 Å². The molecule has 0 aliphatic heterocycles. The summed E-state index contributed by atoms with van der Waals surface area (Å²) in [5.41, 5.74) is 3.81. The molecule has 1 unspecified atom stereocenters. The van der Waals surface area contributed by atoms with Crippen molar-refractivity contribution in [3.63, 3.8) is 0 Å². The summed E-state index contributed by atoms with van der Waals surface area (Å²) < 4.78 is 7.03. The van der Waals surface area contributed by atoms with Crippen molar-refractivity contribution in [1.29, 1.82) is 0 Å². The highest BCUT2D eigenvalue weighted by atomic mass is 16.5. The van der Waals surface area contributed by atoms with Crippen LogP contribution in [0.1, 0.15) is 17.0 Å². The minimum Gasteiger partial charge on any atom is -0.389 e. The lowest BCUT2D eigenvalue weighted by Gasteiger charge is -2.10. The molecule has 0 aliphatic carbocycles. The minimum atomic E-state index is -0.435. The Hall–Kier alpha value is -0.840. The molecule has 2 N–H and O–H groups in total. The second kappa shape index (κ2) is 6.03. The molecule has 0 aromatic carbocycles. The van der Waals surface area contributed by atoms with Gasteiger partial charge in [-0.25, -0.2) is 0 Å². The molecule has 0 radical (unpaired) electrons. The Kier molecular flexibility index (Phi) is 4.99. The van der Waals surface area contributed by atoms with Crippen molar-refractivity contribution in [3.8, 4) is 0 Å². The first-order valence-corrected chi connectivity index (χ1v) is 5.55. The van der Waals surface area contributed by atoms with E-state index in [-0.39, 0.29) is 0 Å². The quantitative estimate of drug-likeness (QED) is 0.752. The fourth-order valence-corrected chi connectivity index (χ4v) is 1.74. The van der Waals surface area contributed by atoms with E-state index >= 15 is 0 Å². The van der Waals surface area contributed by atoms with Crippen molar-refractivity contribution in [2.45, 2.75) is 26.5 Å². The number of nitrogens with zero attached hydrogens (tertiary/aromatic N) is 1. The molecule has 1 heterocycles. The third-order valence-electron chi connectivity index (χ3n) is 2.93. The number of aryl methyl sites for hydroxylation is 1. The Morgan fingerprint density at radius 3 is 2.69 bits per heavy atom. The highest BCUT2D eigenvalue weighted by Crippen LogP contribution is 2.12. The zero-order valence-corrected chi connectivity index (χ0v) is 10.6. The zero-order valence-electron chi connectivity index (χ0n) is 10.6. The lowest BCUT2D eigenvalue weighted by molar-refractivity contribution is 0.0644. The molecule has 92 valence electrons. The van der Waals surface area contributed by atoms with Gasteiger partial charge in [-0.2, -0.15) is 0 Å². The van der Waals surface area contributed by atoms with Crippen LogP contribution >= 0.6 is 0 Å². The van der Waals surface area contributed by atoms with Crippen LogP contribution in [0.15, 0.2) is 6.07 Å². The van der Waals surface area contributed by atoms with E-state index in [1.165, 1.54) is 17.0 Å². The maximum Gasteiger partial charge on any atom is 0.0897 e. The first-order valence-electron chi connectivity index (χ1n) is 5.55. The van der Waals surface area contributed by atoms with E-state index in [1.807, 2.05) is 0 Å². The van der Waals surface area contributed by atoms with Gasteiger partial charge in [-0.15, -0.1) is 0 Å². The average molecular weight is 226 g/mol. The average Bonchev–Trinajstić information content (AvgIpc) is 2.47. The van der Waals surface area contributed by atoms with Crippen LogP contribution in [-0.2, 0) is 18.3 Å². The van der Waals surface area contributed by atoms with Crippen molar-refractivity contribution < 1.29 is 9.84 Å². The van der Waals surface area contributed by atoms with Gasteiger partial charge in [0.2, 0.25) is 0 Å². The molecule has 4 heteroatoms. The van der Waals surface area contributed by atoms with E-state index in [0.29, 0.717) is 13.2 Å². The molecule has 4 nitrogen and oxygen atoms in total. The van der Waals surface area contributed by atoms with Gasteiger partial charge in [0.25, 0.3) is 0 Å². The number of hydrogen-bond donors (Lipinski definition) is 2. The maximum atomic E-state index is 9.46.